The van der Waals surface area contributed by atoms with E-state index in [9.17, 15) is 18.7 Å². The first-order valence-electron chi connectivity index (χ1n) is 10.6. The first kappa shape index (κ1) is 20.4. The van der Waals surface area contributed by atoms with Crippen molar-refractivity contribution in [3.8, 4) is 0 Å². The quantitative estimate of drug-likeness (QED) is 0.479. The summed E-state index contributed by atoms with van der Waals surface area (Å²) in [4.78, 5) is 11.5. The molecule has 0 saturated heterocycles. The molecule has 1 N–H and O–H groups in total. The molecule has 0 bridgehead atoms. The number of carboxylic acids is 1. The first-order valence-corrected chi connectivity index (χ1v) is 10.6. The molecule has 3 aromatic heterocycles. The number of nitrogens with zero attached hydrogens (tertiary/aromatic N) is 4. The smallest absolute Gasteiger partial charge is 0.307 e. The van der Waals surface area contributed by atoms with Gasteiger partial charge in [0.25, 0.3) is 0 Å². The Morgan fingerprint density at radius 1 is 1.19 bits per heavy atom. The molecule has 8 heteroatoms. The lowest BCUT2D eigenvalue weighted by Crippen LogP contribution is -2.23. The van der Waals surface area contributed by atoms with Gasteiger partial charge in [0.05, 0.1) is 29.4 Å². The average molecular weight is 436 g/mol. The minimum Gasteiger partial charge on any atom is -0.481 e. The summed E-state index contributed by atoms with van der Waals surface area (Å²) in [6, 6.07) is 11.1. The summed E-state index contributed by atoms with van der Waals surface area (Å²) < 4.78 is 31.6. The predicted molar refractivity (Wildman–Crippen MR) is 114 cm³/mol. The summed E-state index contributed by atoms with van der Waals surface area (Å²) in [5.41, 5.74) is 5.72. The maximum atomic E-state index is 14.8. The summed E-state index contributed by atoms with van der Waals surface area (Å²) in [5, 5.41) is 18.0. The topological polar surface area (TPSA) is 72.4 Å². The van der Waals surface area contributed by atoms with Crippen LogP contribution in [0.15, 0.2) is 42.5 Å². The fraction of sp³-hybridized carbons (Fsp3) is 0.292. The maximum absolute atomic E-state index is 14.8. The number of halogens is 2. The van der Waals surface area contributed by atoms with Crippen molar-refractivity contribution < 1.29 is 18.7 Å². The zero-order valence-corrected chi connectivity index (χ0v) is 17.6. The third kappa shape index (κ3) is 3.45. The van der Waals surface area contributed by atoms with E-state index in [-0.39, 0.29) is 18.3 Å². The molecule has 0 amide bonds. The molecule has 164 valence electrons. The van der Waals surface area contributed by atoms with E-state index >= 15 is 0 Å². The van der Waals surface area contributed by atoms with Crippen molar-refractivity contribution in [2.45, 2.75) is 45.1 Å². The van der Waals surface area contributed by atoms with Crippen LogP contribution in [0, 0.1) is 18.7 Å². The van der Waals surface area contributed by atoms with E-state index in [4.69, 9.17) is 0 Å². The average Bonchev–Trinajstić information content (AvgIpc) is 3.28. The number of pyridine rings is 1. The number of benzene rings is 1. The number of aromatic nitrogens is 4. The van der Waals surface area contributed by atoms with Gasteiger partial charge in [-0.3, -0.25) is 9.20 Å². The maximum Gasteiger partial charge on any atom is 0.307 e. The lowest BCUT2D eigenvalue weighted by Gasteiger charge is -2.25. The first-order chi connectivity index (χ1) is 15.4. The SMILES string of the molecule is Cc1nnn(C2CCc3c(CC(=O)O)c4cccc(F)n4c3C2)c1Cc1ccc(F)cc1. The zero-order chi connectivity index (χ0) is 22.4. The number of carboxylic acid groups (broad SMARTS) is 1. The molecular weight excluding hydrogens is 414 g/mol. The molecule has 0 saturated carbocycles. The van der Waals surface area contributed by atoms with Gasteiger partial charge >= 0.3 is 5.97 Å². The van der Waals surface area contributed by atoms with Crippen molar-refractivity contribution in [3.63, 3.8) is 0 Å². The van der Waals surface area contributed by atoms with Crippen LogP contribution in [0.4, 0.5) is 8.78 Å². The Morgan fingerprint density at radius 2 is 1.97 bits per heavy atom. The van der Waals surface area contributed by atoms with Gasteiger partial charge in [-0.1, -0.05) is 23.4 Å². The molecule has 3 heterocycles. The Balaban J connectivity index is 1.54. The van der Waals surface area contributed by atoms with E-state index in [1.807, 2.05) is 11.6 Å². The van der Waals surface area contributed by atoms with Crippen LogP contribution in [0.25, 0.3) is 5.52 Å². The van der Waals surface area contributed by atoms with Crippen LogP contribution in [0.5, 0.6) is 0 Å². The fourth-order valence-corrected chi connectivity index (χ4v) is 4.85. The largest absolute Gasteiger partial charge is 0.481 e. The van der Waals surface area contributed by atoms with Gasteiger partial charge in [-0.25, -0.2) is 9.07 Å². The molecule has 6 nitrogen and oxygen atoms in total. The predicted octanol–water partition coefficient (Wildman–Crippen LogP) is 4.07. The number of fused-ring (bicyclic) bond motifs is 3. The Labute approximate surface area is 183 Å². The summed E-state index contributed by atoms with van der Waals surface area (Å²) in [7, 11) is 0. The highest BCUT2D eigenvalue weighted by Gasteiger charge is 2.30. The molecule has 0 radical (unpaired) electrons. The zero-order valence-electron chi connectivity index (χ0n) is 17.6. The summed E-state index contributed by atoms with van der Waals surface area (Å²) in [5.74, 6) is -1.62. The molecule has 1 aromatic carbocycles. The van der Waals surface area contributed by atoms with Crippen LogP contribution < -0.4 is 0 Å². The van der Waals surface area contributed by atoms with E-state index in [0.717, 1.165) is 34.6 Å². The van der Waals surface area contributed by atoms with Crippen LogP contribution in [-0.4, -0.2) is 30.5 Å². The standard InChI is InChI=1S/C24H22F2N4O2/c1-14-21(11-15-5-7-16(25)8-6-15)30(28-27-14)17-9-10-18-19(13-24(31)32)20-3-2-4-23(26)29(20)22(18)12-17/h2-8,17H,9-13H2,1H3,(H,31,32). The van der Waals surface area contributed by atoms with Gasteiger partial charge < -0.3 is 5.11 Å². The Bertz CT molecular complexity index is 1320. The molecule has 1 aliphatic rings. The van der Waals surface area contributed by atoms with Gasteiger partial charge in [-0.2, -0.15) is 4.39 Å². The molecule has 1 unspecified atom stereocenters. The molecular formula is C24H22F2N4O2. The highest BCUT2D eigenvalue weighted by Crippen LogP contribution is 2.36. The van der Waals surface area contributed by atoms with Gasteiger partial charge in [0.15, 0.2) is 5.95 Å². The Kier molecular flexibility index (Phi) is 5.00. The Morgan fingerprint density at radius 3 is 2.72 bits per heavy atom. The fourth-order valence-electron chi connectivity index (χ4n) is 4.85. The molecule has 1 aliphatic carbocycles. The number of aryl methyl sites for hydroxylation is 1. The van der Waals surface area contributed by atoms with Crippen LogP contribution in [0.2, 0.25) is 0 Å². The van der Waals surface area contributed by atoms with Gasteiger partial charge in [0.2, 0.25) is 0 Å². The molecule has 0 fully saturated rings. The third-order valence-electron chi connectivity index (χ3n) is 6.33. The van der Waals surface area contributed by atoms with E-state index in [0.29, 0.717) is 30.3 Å². The molecule has 0 spiro atoms. The van der Waals surface area contributed by atoms with Crippen molar-refractivity contribution >= 4 is 11.5 Å². The van der Waals surface area contributed by atoms with E-state index < -0.39 is 11.9 Å². The van der Waals surface area contributed by atoms with Gasteiger partial charge in [0.1, 0.15) is 5.82 Å². The minimum atomic E-state index is -0.930. The second-order valence-corrected chi connectivity index (χ2v) is 8.31. The normalized spacial score (nSPS) is 15.8. The van der Waals surface area contributed by atoms with Crippen LogP contribution >= 0.6 is 0 Å². The number of carbonyl (C=O) groups is 1. The monoisotopic (exact) mass is 436 g/mol. The number of aliphatic carboxylic acids is 1. The van der Waals surface area contributed by atoms with E-state index in [1.54, 1.807) is 28.7 Å². The highest BCUT2D eigenvalue weighted by atomic mass is 19.1. The van der Waals surface area contributed by atoms with Crippen molar-refractivity contribution in [3.05, 3.63) is 88.0 Å². The summed E-state index contributed by atoms with van der Waals surface area (Å²) in [6.45, 7) is 1.90. The lowest BCUT2D eigenvalue weighted by atomic mass is 9.90. The highest BCUT2D eigenvalue weighted by molar-refractivity contribution is 5.77. The number of hydrogen-bond acceptors (Lipinski definition) is 3. The summed E-state index contributed by atoms with van der Waals surface area (Å²) in [6.07, 6.45) is 2.34. The van der Waals surface area contributed by atoms with Gasteiger partial charge in [-0.05, 0) is 60.7 Å². The van der Waals surface area contributed by atoms with E-state index in [1.165, 1.54) is 18.2 Å². The van der Waals surface area contributed by atoms with Crippen molar-refractivity contribution in [1.29, 1.82) is 0 Å². The second kappa shape index (κ2) is 7.85. The lowest BCUT2D eigenvalue weighted by molar-refractivity contribution is -0.136. The number of hydrogen-bond donors (Lipinski definition) is 1. The summed E-state index contributed by atoms with van der Waals surface area (Å²) >= 11 is 0. The molecule has 0 aliphatic heterocycles. The minimum absolute atomic E-state index is 0.0328. The van der Waals surface area contributed by atoms with Crippen LogP contribution in [0.1, 0.15) is 46.2 Å². The van der Waals surface area contributed by atoms with E-state index in [2.05, 4.69) is 10.3 Å². The molecule has 5 rings (SSSR count). The van der Waals surface area contributed by atoms with Crippen molar-refractivity contribution in [2.24, 2.45) is 0 Å². The Hall–Kier alpha value is -3.55. The van der Waals surface area contributed by atoms with Gasteiger partial charge in [-0.15, -0.1) is 5.10 Å². The third-order valence-corrected chi connectivity index (χ3v) is 6.33. The molecule has 32 heavy (non-hydrogen) atoms. The van der Waals surface area contributed by atoms with Crippen molar-refractivity contribution in [2.75, 3.05) is 0 Å². The van der Waals surface area contributed by atoms with Crippen LogP contribution in [0.3, 0.4) is 0 Å². The second-order valence-electron chi connectivity index (χ2n) is 8.31. The van der Waals surface area contributed by atoms with Crippen molar-refractivity contribution in [1.82, 2.24) is 19.4 Å². The molecule has 4 aromatic rings. The number of rotatable bonds is 5. The van der Waals surface area contributed by atoms with Crippen LogP contribution in [-0.2, 0) is 30.5 Å². The van der Waals surface area contributed by atoms with Gasteiger partial charge in [0, 0.05) is 18.5 Å². The molecule has 1 atom stereocenters.